The van der Waals surface area contributed by atoms with Crippen LogP contribution in [0.1, 0.15) is 22.3 Å². The number of aryl methyl sites for hydroxylation is 1. The van der Waals surface area contributed by atoms with E-state index in [1.54, 1.807) is 26.2 Å². The summed E-state index contributed by atoms with van der Waals surface area (Å²) in [7, 11) is -10.6. The van der Waals surface area contributed by atoms with Gasteiger partial charge in [0.2, 0.25) is 9.84 Å². The zero-order chi connectivity index (χ0) is 30.7. The monoisotopic (exact) mass is 632 g/mol. The molecule has 0 saturated carbocycles. The predicted octanol–water partition coefficient (Wildman–Crippen LogP) is 4.94. The number of sulfone groups is 1. The lowest BCUT2D eigenvalue weighted by Crippen LogP contribution is -2.09. The fourth-order valence-electron chi connectivity index (χ4n) is 4.11. The summed E-state index contributed by atoms with van der Waals surface area (Å²) in [5.74, 6) is 0.126. The van der Waals surface area contributed by atoms with E-state index >= 15 is 0 Å². The average Bonchev–Trinajstić information content (AvgIpc) is 2.95. The summed E-state index contributed by atoms with van der Waals surface area (Å²) >= 11 is 0. The van der Waals surface area contributed by atoms with Crippen molar-refractivity contribution in [3.05, 3.63) is 107 Å². The highest BCUT2D eigenvalue weighted by Crippen LogP contribution is 2.34. The quantitative estimate of drug-likeness (QED) is 0.178. The molecule has 0 amide bonds. The van der Waals surface area contributed by atoms with Crippen LogP contribution in [0.15, 0.2) is 99.6 Å². The van der Waals surface area contributed by atoms with Crippen LogP contribution in [0.5, 0.6) is 17.2 Å². The Morgan fingerprint density at radius 1 is 0.690 bits per heavy atom. The van der Waals surface area contributed by atoms with Gasteiger partial charge in [0.1, 0.15) is 27.9 Å². The lowest BCUT2D eigenvalue weighted by atomic mass is 10.0. The standard InChI is InChI=1S/C29H28O10S3/c1-20-4-13-26(17-23(20)19-40(30,31)32)41(33,34)27-14-15-28(29(18-27)42(35,36)38-3)39-25-11-7-22(8-12-25)16-21-5-9-24(37-2)10-6-21/h4-15,17-18H,16,19H2,1-3H3,(H,30,31,32). The average molecular weight is 633 g/mol. The van der Waals surface area contributed by atoms with Crippen LogP contribution in [0.3, 0.4) is 0 Å². The van der Waals surface area contributed by atoms with Gasteiger partial charge in [-0.2, -0.15) is 16.8 Å². The van der Waals surface area contributed by atoms with Crippen LogP contribution in [0.25, 0.3) is 0 Å². The first-order chi connectivity index (χ1) is 19.7. The summed E-state index contributed by atoms with van der Waals surface area (Å²) in [4.78, 5) is -1.19. The summed E-state index contributed by atoms with van der Waals surface area (Å²) in [6.07, 6.45) is 0.644. The number of benzene rings is 4. The highest BCUT2D eigenvalue weighted by Gasteiger charge is 2.26. The van der Waals surface area contributed by atoms with Crippen molar-refractivity contribution >= 4 is 30.1 Å². The molecule has 10 nitrogen and oxygen atoms in total. The van der Waals surface area contributed by atoms with E-state index in [2.05, 4.69) is 4.18 Å². The summed E-state index contributed by atoms with van der Waals surface area (Å²) in [5.41, 5.74) is 2.57. The van der Waals surface area contributed by atoms with Gasteiger partial charge >= 0.3 is 0 Å². The Morgan fingerprint density at radius 3 is 1.79 bits per heavy atom. The molecule has 4 aromatic carbocycles. The van der Waals surface area contributed by atoms with Crippen molar-refractivity contribution in [3.63, 3.8) is 0 Å². The molecule has 13 heteroatoms. The van der Waals surface area contributed by atoms with Crippen molar-refractivity contribution in [1.29, 1.82) is 0 Å². The molecule has 1 N–H and O–H groups in total. The molecule has 0 aliphatic carbocycles. The number of methoxy groups -OCH3 is 1. The lowest BCUT2D eigenvalue weighted by molar-refractivity contribution is 0.391. The summed E-state index contributed by atoms with van der Waals surface area (Å²) < 4.78 is 100. The summed E-state index contributed by atoms with van der Waals surface area (Å²) in [6, 6.07) is 21.7. The Morgan fingerprint density at radius 2 is 1.24 bits per heavy atom. The van der Waals surface area contributed by atoms with E-state index in [1.165, 1.54) is 24.3 Å². The Balaban J connectivity index is 1.64. The number of hydrogen-bond acceptors (Lipinski definition) is 9. The van der Waals surface area contributed by atoms with Gasteiger partial charge in [0.25, 0.3) is 20.2 Å². The molecule has 0 saturated heterocycles. The Kier molecular flexibility index (Phi) is 9.09. The van der Waals surface area contributed by atoms with E-state index in [4.69, 9.17) is 9.47 Å². The van der Waals surface area contributed by atoms with E-state index in [1.807, 2.05) is 36.4 Å². The molecule has 0 radical (unpaired) electrons. The third-order valence-electron chi connectivity index (χ3n) is 6.40. The van der Waals surface area contributed by atoms with Crippen LogP contribution in [0, 0.1) is 6.92 Å². The van der Waals surface area contributed by atoms with E-state index in [-0.39, 0.29) is 21.1 Å². The molecule has 222 valence electrons. The maximum Gasteiger partial charge on any atom is 0.300 e. The normalized spacial score (nSPS) is 12.2. The molecule has 0 bridgehead atoms. The molecule has 0 aliphatic heterocycles. The van der Waals surface area contributed by atoms with Crippen molar-refractivity contribution in [1.82, 2.24) is 0 Å². The van der Waals surface area contributed by atoms with Gasteiger partial charge in [-0.3, -0.25) is 8.74 Å². The SMILES string of the molecule is COc1ccc(Cc2ccc(Oc3ccc(S(=O)(=O)c4ccc(C)c(CS(=O)(=O)O)c4)cc3S(=O)(=O)OC)cc2)cc1. The first kappa shape index (κ1) is 31.2. The highest BCUT2D eigenvalue weighted by atomic mass is 32.2. The topological polar surface area (TPSA) is 150 Å². The highest BCUT2D eigenvalue weighted by molar-refractivity contribution is 7.91. The molecule has 4 aromatic rings. The van der Waals surface area contributed by atoms with Crippen LogP contribution in [0.2, 0.25) is 0 Å². The summed E-state index contributed by atoms with van der Waals surface area (Å²) in [6.45, 7) is 1.57. The van der Waals surface area contributed by atoms with Gasteiger partial charge in [0, 0.05) is 0 Å². The van der Waals surface area contributed by atoms with Crippen LogP contribution < -0.4 is 9.47 Å². The number of hydrogen-bond donors (Lipinski definition) is 1. The van der Waals surface area contributed by atoms with E-state index in [9.17, 15) is 29.8 Å². The van der Waals surface area contributed by atoms with Crippen LogP contribution in [-0.2, 0) is 46.4 Å². The second-order valence-electron chi connectivity index (χ2n) is 9.32. The largest absolute Gasteiger partial charge is 0.497 e. The van der Waals surface area contributed by atoms with E-state index in [0.29, 0.717) is 17.7 Å². The van der Waals surface area contributed by atoms with Crippen molar-refractivity contribution in [2.24, 2.45) is 0 Å². The second kappa shape index (κ2) is 12.2. The van der Waals surface area contributed by atoms with Gasteiger partial charge in [-0.05, 0) is 90.2 Å². The van der Waals surface area contributed by atoms with Crippen molar-refractivity contribution in [2.75, 3.05) is 14.2 Å². The molecule has 0 fully saturated rings. The maximum atomic E-state index is 13.4. The molecule has 0 heterocycles. The van der Waals surface area contributed by atoms with E-state index in [0.717, 1.165) is 36.1 Å². The second-order valence-corrected chi connectivity index (χ2v) is 14.4. The van der Waals surface area contributed by atoms with Crippen LogP contribution in [0.4, 0.5) is 0 Å². The predicted molar refractivity (Wildman–Crippen MR) is 155 cm³/mol. The molecular weight excluding hydrogens is 605 g/mol. The zero-order valence-corrected chi connectivity index (χ0v) is 25.3. The minimum Gasteiger partial charge on any atom is -0.497 e. The molecular formula is C29H28O10S3. The summed E-state index contributed by atoms with van der Waals surface area (Å²) in [5, 5.41) is 0. The molecule has 4 rings (SSSR count). The van der Waals surface area contributed by atoms with Crippen LogP contribution >= 0.6 is 0 Å². The van der Waals surface area contributed by atoms with Crippen molar-refractivity contribution in [2.45, 2.75) is 33.8 Å². The molecule has 42 heavy (non-hydrogen) atoms. The van der Waals surface area contributed by atoms with E-state index < -0.39 is 40.7 Å². The molecule has 0 atom stereocenters. The minimum absolute atomic E-state index is 0.0821. The van der Waals surface area contributed by atoms with Gasteiger partial charge < -0.3 is 9.47 Å². The fourth-order valence-corrected chi connectivity index (χ4v) is 7.03. The number of ether oxygens (including phenoxy) is 2. The first-order valence-electron chi connectivity index (χ1n) is 12.4. The van der Waals surface area contributed by atoms with Crippen molar-refractivity contribution < 1.29 is 43.5 Å². The maximum absolute atomic E-state index is 13.4. The fraction of sp³-hybridized carbons (Fsp3) is 0.172. The Hall–Kier alpha value is -3.75. The third-order valence-corrected chi connectivity index (χ3v) is 10.1. The molecule has 0 aromatic heterocycles. The van der Waals surface area contributed by atoms with Gasteiger partial charge in [-0.1, -0.05) is 30.3 Å². The van der Waals surface area contributed by atoms with Gasteiger partial charge in [0.15, 0.2) is 0 Å². The van der Waals surface area contributed by atoms with Gasteiger partial charge in [0.05, 0.1) is 24.0 Å². The Bertz CT molecular complexity index is 1910. The minimum atomic E-state index is -4.42. The molecule has 0 unspecified atom stereocenters. The smallest absolute Gasteiger partial charge is 0.300 e. The molecule has 0 spiro atoms. The first-order valence-corrected chi connectivity index (χ1v) is 16.9. The lowest BCUT2D eigenvalue weighted by Gasteiger charge is -2.14. The van der Waals surface area contributed by atoms with Gasteiger partial charge in [-0.25, -0.2) is 8.42 Å². The number of rotatable bonds is 11. The molecule has 0 aliphatic rings. The van der Waals surface area contributed by atoms with Crippen LogP contribution in [-0.4, -0.2) is 44.0 Å². The Labute approximate surface area is 245 Å². The zero-order valence-electron chi connectivity index (χ0n) is 22.8. The third kappa shape index (κ3) is 7.36. The van der Waals surface area contributed by atoms with Crippen molar-refractivity contribution in [3.8, 4) is 17.2 Å². The van der Waals surface area contributed by atoms with Gasteiger partial charge in [-0.15, -0.1) is 0 Å².